The summed E-state index contributed by atoms with van der Waals surface area (Å²) in [4.78, 5) is 13.6. The second-order valence-corrected chi connectivity index (χ2v) is 6.44. The van der Waals surface area contributed by atoms with E-state index < -0.39 is 11.1 Å². The van der Waals surface area contributed by atoms with Crippen molar-refractivity contribution >= 4 is 6.09 Å². The molecule has 6 nitrogen and oxygen atoms in total. The van der Waals surface area contributed by atoms with Crippen LogP contribution in [0.2, 0.25) is 0 Å². The SMILES string of the molecule is CC(N)(CO)CC1CN(C(=O)OC(C)(C)C)CCO1. The summed E-state index contributed by atoms with van der Waals surface area (Å²) in [6.45, 7) is 8.60. The van der Waals surface area contributed by atoms with Gasteiger partial charge >= 0.3 is 6.09 Å². The van der Waals surface area contributed by atoms with Gasteiger partial charge in [-0.2, -0.15) is 0 Å². The monoisotopic (exact) mass is 274 g/mol. The standard InChI is InChI=1S/C13H26N2O4/c1-12(2,3)19-11(17)15-5-6-18-10(8-15)7-13(4,14)9-16/h10,16H,5-9,14H2,1-4H3. The van der Waals surface area contributed by atoms with Crippen LogP contribution in [0.1, 0.15) is 34.1 Å². The van der Waals surface area contributed by atoms with Crippen LogP contribution in [0.25, 0.3) is 0 Å². The number of nitrogens with two attached hydrogens (primary N) is 1. The molecular weight excluding hydrogens is 248 g/mol. The summed E-state index contributed by atoms with van der Waals surface area (Å²) >= 11 is 0. The molecule has 1 aliphatic heterocycles. The normalized spacial score (nSPS) is 23.9. The van der Waals surface area contributed by atoms with Gasteiger partial charge in [0.05, 0.1) is 25.9 Å². The van der Waals surface area contributed by atoms with Crippen LogP contribution in [0.15, 0.2) is 0 Å². The van der Waals surface area contributed by atoms with E-state index in [4.69, 9.17) is 20.3 Å². The Hall–Kier alpha value is -0.850. The van der Waals surface area contributed by atoms with Gasteiger partial charge in [-0.3, -0.25) is 0 Å². The number of nitrogens with zero attached hydrogens (tertiary/aromatic N) is 1. The highest BCUT2D eigenvalue weighted by Crippen LogP contribution is 2.18. The minimum atomic E-state index is -0.693. The fourth-order valence-electron chi connectivity index (χ4n) is 1.92. The van der Waals surface area contributed by atoms with Crippen molar-refractivity contribution in [2.75, 3.05) is 26.3 Å². The van der Waals surface area contributed by atoms with E-state index in [0.717, 1.165) is 0 Å². The lowest BCUT2D eigenvalue weighted by atomic mass is 9.96. The Bertz CT molecular complexity index is 312. The largest absolute Gasteiger partial charge is 0.444 e. The first-order valence-corrected chi connectivity index (χ1v) is 6.62. The van der Waals surface area contributed by atoms with E-state index in [9.17, 15) is 4.79 Å². The Balaban J connectivity index is 2.53. The number of morpholine rings is 1. The molecule has 0 saturated carbocycles. The van der Waals surface area contributed by atoms with Crippen molar-refractivity contribution in [3.63, 3.8) is 0 Å². The quantitative estimate of drug-likeness (QED) is 0.792. The maximum atomic E-state index is 12.0. The van der Waals surface area contributed by atoms with E-state index >= 15 is 0 Å². The maximum absolute atomic E-state index is 12.0. The zero-order chi connectivity index (χ0) is 14.7. The molecule has 0 aliphatic carbocycles. The lowest BCUT2D eigenvalue weighted by Crippen LogP contribution is -2.52. The Morgan fingerprint density at radius 2 is 2.11 bits per heavy atom. The molecule has 3 N–H and O–H groups in total. The number of rotatable bonds is 3. The van der Waals surface area contributed by atoms with Gasteiger partial charge in [0.15, 0.2) is 0 Å². The Morgan fingerprint density at radius 1 is 1.47 bits per heavy atom. The van der Waals surface area contributed by atoms with E-state index in [2.05, 4.69) is 0 Å². The highest BCUT2D eigenvalue weighted by atomic mass is 16.6. The van der Waals surface area contributed by atoms with Crippen molar-refractivity contribution < 1.29 is 19.4 Å². The van der Waals surface area contributed by atoms with E-state index in [0.29, 0.717) is 26.1 Å². The Kier molecular flexibility index (Phi) is 5.18. The topological polar surface area (TPSA) is 85.0 Å². The van der Waals surface area contributed by atoms with Crippen LogP contribution in [0.3, 0.4) is 0 Å². The molecule has 6 heteroatoms. The molecule has 2 unspecified atom stereocenters. The first-order valence-electron chi connectivity index (χ1n) is 6.62. The first-order chi connectivity index (χ1) is 8.63. The van der Waals surface area contributed by atoms with Gasteiger partial charge in [-0.15, -0.1) is 0 Å². The van der Waals surface area contributed by atoms with E-state index in [1.807, 2.05) is 20.8 Å². The molecule has 1 fully saturated rings. The van der Waals surface area contributed by atoms with Gasteiger partial charge < -0.3 is 25.2 Å². The zero-order valence-corrected chi connectivity index (χ0v) is 12.3. The predicted molar refractivity (Wildman–Crippen MR) is 71.8 cm³/mol. The average Bonchev–Trinajstić information content (AvgIpc) is 2.26. The minimum absolute atomic E-state index is 0.112. The number of carbonyl (C=O) groups excluding carboxylic acids is 1. The molecule has 0 aromatic rings. The summed E-state index contributed by atoms with van der Waals surface area (Å²) in [5.74, 6) is 0. The molecule has 0 aromatic carbocycles. The summed E-state index contributed by atoms with van der Waals surface area (Å²) in [5, 5.41) is 9.17. The van der Waals surface area contributed by atoms with E-state index in [1.165, 1.54) is 0 Å². The predicted octanol–water partition coefficient (Wildman–Crippen LogP) is 0.722. The van der Waals surface area contributed by atoms with Gasteiger partial charge in [0.1, 0.15) is 5.60 Å². The summed E-state index contributed by atoms with van der Waals surface area (Å²) in [7, 11) is 0. The van der Waals surface area contributed by atoms with Crippen molar-refractivity contribution in [3.05, 3.63) is 0 Å². The molecule has 0 radical (unpaired) electrons. The fourth-order valence-corrected chi connectivity index (χ4v) is 1.92. The van der Waals surface area contributed by atoms with Gasteiger partial charge in [0.2, 0.25) is 0 Å². The van der Waals surface area contributed by atoms with Crippen molar-refractivity contribution in [3.8, 4) is 0 Å². The zero-order valence-electron chi connectivity index (χ0n) is 12.3. The third-order valence-corrected chi connectivity index (χ3v) is 2.85. The summed E-state index contributed by atoms with van der Waals surface area (Å²) < 4.78 is 10.9. The number of ether oxygens (including phenoxy) is 2. The number of hydrogen-bond donors (Lipinski definition) is 2. The molecule has 112 valence electrons. The molecule has 19 heavy (non-hydrogen) atoms. The van der Waals surface area contributed by atoms with Crippen LogP contribution in [-0.4, -0.2) is 59.6 Å². The average molecular weight is 274 g/mol. The molecule has 0 spiro atoms. The second-order valence-electron chi connectivity index (χ2n) is 6.44. The van der Waals surface area contributed by atoms with Crippen LogP contribution in [0.5, 0.6) is 0 Å². The lowest BCUT2D eigenvalue weighted by Gasteiger charge is -2.36. The Labute approximate surface area is 114 Å². The number of amides is 1. The molecule has 1 rings (SSSR count). The molecule has 2 atom stereocenters. The van der Waals surface area contributed by atoms with Crippen LogP contribution < -0.4 is 5.73 Å². The molecule has 1 amide bonds. The molecule has 1 saturated heterocycles. The Morgan fingerprint density at radius 3 is 2.63 bits per heavy atom. The summed E-state index contributed by atoms with van der Waals surface area (Å²) in [6, 6.07) is 0. The third-order valence-electron chi connectivity index (χ3n) is 2.85. The second kappa shape index (κ2) is 6.07. The van der Waals surface area contributed by atoms with Gasteiger partial charge in [-0.1, -0.05) is 0 Å². The van der Waals surface area contributed by atoms with Crippen LogP contribution >= 0.6 is 0 Å². The third kappa shape index (κ3) is 5.76. The molecule has 0 aromatic heterocycles. The molecule has 1 aliphatic rings. The van der Waals surface area contributed by atoms with Crippen molar-refractivity contribution in [1.29, 1.82) is 0 Å². The van der Waals surface area contributed by atoms with Gasteiger partial charge in [0.25, 0.3) is 0 Å². The fraction of sp³-hybridized carbons (Fsp3) is 0.923. The smallest absolute Gasteiger partial charge is 0.410 e. The maximum Gasteiger partial charge on any atom is 0.410 e. The highest BCUT2D eigenvalue weighted by molar-refractivity contribution is 5.68. The number of hydrogen-bond acceptors (Lipinski definition) is 5. The molecule has 0 bridgehead atoms. The van der Waals surface area contributed by atoms with Crippen molar-refractivity contribution in [1.82, 2.24) is 4.90 Å². The summed E-state index contributed by atoms with van der Waals surface area (Å²) in [6.07, 6.45) is 0.00920. The van der Waals surface area contributed by atoms with Gasteiger partial charge in [-0.25, -0.2) is 4.79 Å². The highest BCUT2D eigenvalue weighted by Gasteiger charge is 2.31. The van der Waals surface area contributed by atoms with Crippen LogP contribution in [0, 0.1) is 0 Å². The van der Waals surface area contributed by atoms with Crippen molar-refractivity contribution in [2.45, 2.75) is 51.4 Å². The lowest BCUT2D eigenvalue weighted by molar-refractivity contribution is -0.0531. The van der Waals surface area contributed by atoms with Gasteiger partial charge in [0, 0.05) is 12.1 Å². The number of carbonyl (C=O) groups is 1. The molecular formula is C13H26N2O4. The van der Waals surface area contributed by atoms with E-state index in [1.54, 1.807) is 11.8 Å². The summed E-state index contributed by atoms with van der Waals surface area (Å²) in [5.41, 5.74) is 4.71. The first kappa shape index (κ1) is 16.2. The van der Waals surface area contributed by atoms with Crippen LogP contribution in [0.4, 0.5) is 4.79 Å². The van der Waals surface area contributed by atoms with Crippen molar-refractivity contribution in [2.24, 2.45) is 5.73 Å². The minimum Gasteiger partial charge on any atom is -0.444 e. The molecule has 1 heterocycles. The number of aliphatic hydroxyl groups is 1. The van der Waals surface area contributed by atoms with E-state index in [-0.39, 0.29) is 18.8 Å². The van der Waals surface area contributed by atoms with Gasteiger partial charge in [-0.05, 0) is 34.1 Å². The number of aliphatic hydroxyl groups excluding tert-OH is 1. The van der Waals surface area contributed by atoms with Crippen LogP contribution in [-0.2, 0) is 9.47 Å².